The first-order valence-electron chi connectivity index (χ1n) is 6.25. The average molecular weight is 279 g/mol. The van der Waals surface area contributed by atoms with Crippen molar-refractivity contribution in [2.24, 2.45) is 0 Å². The Labute approximate surface area is 110 Å². The van der Waals surface area contributed by atoms with Gasteiger partial charge in [-0.2, -0.15) is 13.2 Å². The molecule has 8 heteroatoms. The molecule has 1 aromatic rings. The first kappa shape index (κ1) is 15.9. The van der Waals surface area contributed by atoms with Crippen LogP contribution in [0.25, 0.3) is 0 Å². The maximum atomic E-state index is 12.1. The molecule has 0 aliphatic rings. The highest BCUT2D eigenvalue weighted by Gasteiger charge is 2.28. The molecule has 1 N–H and O–H groups in total. The van der Waals surface area contributed by atoms with Crippen molar-refractivity contribution < 1.29 is 13.2 Å². The zero-order chi connectivity index (χ0) is 14.3. The minimum atomic E-state index is -4.12. The topological polar surface area (TPSA) is 46.0 Å². The third kappa shape index (κ3) is 6.53. The second-order valence-electron chi connectivity index (χ2n) is 4.42. The van der Waals surface area contributed by atoms with Gasteiger partial charge in [-0.1, -0.05) is 5.21 Å². The molecule has 0 aliphatic heterocycles. The summed E-state index contributed by atoms with van der Waals surface area (Å²) in [5, 5.41) is 10.9. The van der Waals surface area contributed by atoms with Crippen molar-refractivity contribution in [3.8, 4) is 0 Å². The van der Waals surface area contributed by atoms with Gasteiger partial charge in [0.2, 0.25) is 0 Å². The number of aromatic nitrogens is 3. The van der Waals surface area contributed by atoms with Gasteiger partial charge in [-0.3, -0.25) is 4.90 Å². The van der Waals surface area contributed by atoms with Crippen LogP contribution in [-0.2, 0) is 13.1 Å². The molecule has 0 amide bonds. The molecule has 0 fully saturated rings. The standard InChI is InChI=1S/C11H20F3N5/c1-3-19-10(8-16-17-19)7-15-5-4-6-18(2)9-11(12,13)14/h8,15H,3-7,9H2,1-2H3. The van der Waals surface area contributed by atoms with E-state index in [1.807, 2.05) is 6.92 Å². The molecule has 1 heterocycles. The molecule has 0 saturated carbocycles. The fourth-order valence-electron chi connectivity index (χ4n) is 1.76. The molecular formula is C11H20F3N5. The van der Waals surface area contributed by atoms with Gasteiger partial charge in [0.1, 0.15) is 0 Å². The van der Waals surface area contributed by atoms with Crippen LogP contribution in [0.5, 0.6) is 0 Å². The van der Waals surface area contributed by atoms with E-state index in [4.69, 9.17) is 0 Å². The highest BCUT2D eigenvalue weighted by molar-refractivity contribution is 4.92. The van der Waals surface area contributed by atoms with Gasteiger partial charge in [0, 0.05) is 13.1 Å². The fraction of sp³-hybridized carbons (Fsp3) is 0.818. The predicted octanol–water partition coefficient (Wildman–Crippen LogP) is 1.27. The molecular weight excluding hydrogens is 259 g/mol. The van der Waals surface area contributed by atoms with Crippen molar-refractivity contribution in [3.63, 3.8) is 0 Å². The number of nitrogens with zero attached hydrogens (tertiary/aromatic N) is 4. The lowest BCUT2D eigenvalue weighted by Gasteiger charge is -2.18. The predicted molar refractivity (Wildman–Crippen MR) is 65.6 cm³/mol. The Hall–Kier alpha value is -1.15. The van der Waals surface area contributed by atoms with Crippen LogP contribution in [0.3, 0.4) is 0 Å². The van der Waals surface area contributed by atoms with Crippen molar-refractivity contribution in [1.29, 1.82) is 0 Å². The van der Waals surface area contributed by atoms with E-state index < -0.39 is 12.7 Å². The van der Waals surface area contributed by atoms with Gasteiger partial charge in [0.25, 0.3) is 0 Å². The van der Waals surface area contributed by atoms with Crippen LogP contribution in [0.2, 0.25) is 0 Å². The van der Waals surface area contributed by atoms with Gasteiger partial charge >= 0.3 is 6.18 Å². The highest BCUT2D eigenvalue weighted by atomic mass is 19.4. The lowest BCUT2D eigenvalue weighted by atomic mass is 10.3. The third-order valence-electron chi connectivity index (χ3n) is 2.65. The molecule has 1 rings (SSSR count). The molecule has 0 saturated heterocycles. The van der Waals surface area contributed by atoms with Crippen molar-refractivity contribution >= 4 is 0 Å². The van der Waals surface area contributed by atoms with E-state index in [-0.39, 0.29) is 0 Å². The van der Waals surface area contributed by atoms with Crippen LogP contribution in [-0.4, -0.2) is 52.8 Å². The molecule has 0 spiro atoms. The summed E-state index contributed by atoms with van der Waals surface area (Å²) in [6, 6.07) is 0. The van der Waals surface area contributed by atoms with E-state index in [2.05, 4.69) is 15.6 Å². The highest BCUT2D eigenvalue weighted by Crippen LogP contribution is 2.15. The SMILES string of the molecule is CCn1nncc1CNCCCN(C)CC(F)(F)F. The number of hydrogen-bond acceptors (Lipinski definition) is 4. The van der Waals surface area contributed by atoms with Gasteiger partial charge in [-0.05, 0) is 33.5 Å². The summed E-state index contributed by atoms with van der Waals surface area (Å²) >= 11 is 0. The summed E-state index contributed by atoms with van der Waals surface area (Å²) in [5.41, 5.74) is 0.978. The Morgan fingerprint density at radius 2 is 2.16 bits per heavy atom. The molecule has 1 aromatic heterocycles. The Bertz CT molecular complexity index is 363. The first-order chi connectivity index (χ1) is 8.92. The monoisotopic (exact) mass is 279 g/mol. The fourth-order valence-corrected chi connectivity index (χ4v) is 1.76. The molecule has 110 valence electrons. The van der Waals surface area contributed by atoms with Gasteiger partial charge in [0.05, 0.1) is 18.4 Å². The second kappa shape index (κ2) is 7.44. The van der Waals surface area contributed by atoms with E-state index >= 15 is 0 Å². The molecule has 0 bridgehead atoms. The van der Waals surface area contributed by atoms with Crippen LogP contribution in [0, 0.1) is 0 Å². The van der Waals surface area contributed by atoms with Gasteiger partial charge < -0.3 is 5.32 Å². The molecule has 0 radical (unpaired) electrons. The van der Waals surface area contributed by atoms with Gasteiger partial charge in [0.15, 0.2) is 0 Å². The smallest absolute Gasteiger partial charge is 0.311 e. The number of alkyl halides is 3. The minimum Gasteiger partial charge on any atom is -0.311 e. The number of nitrogens with one attached hydrogen (secondary N) is 1. The molecule has 0 aromatic carbocycles. The Kier molecular flexibility index (Phi) is 6.23. The van der Waals surface area contributed by atoms with Gasteiger partial charge in [-0.25, -0.2) is 4.68 Å². The van der Waals surface area contributed by atoms with E-state index in [0.717, 1.165) is 12.2 Å². The van der Waals surface area contributed by atoms with E-state index in [9.17, 15) is 13.2 Å². The van der Waals surface area contributed by atoms with E-state index in [0.29, 0.717) is 26.1 Å². The first-order valence-corrected chi connectivity index (χ1v) is 6.25. The average Bonchev–Trinajstić information content (AvgIpc) is 2.73. The third-order valence-corrected chi connectivity index (χ3v) is 2.65. The summed E-state index contributed by atoms with van der Waals surface area (Å²) in [6.45, 7) is 3.58. The normalized spacial score (nSPS) is 12.3. The number of aryl methyl sites for hydroxylation is 1. The number of halogens is 3. The summed E-state index contributed by atoms with van der Waals surface area (Å²) in [7, 11) is 1.48. The Morgan fingerprint density at radius 1 is 1.42 bits per heavy atom. The summed E-state index contributed by atoms with van der Waals surface area (Å²) in [6.07, 6.45) is -1.77. The molecule has 0 unspecified atom stereocenters. The largest absolute Gasteiger partial charge is 0.401 e. The van der Waals surface area contributed by atoms with Crippen LogP contribution in [0.4, 0.5) is 13.2 Å². The van der Waals surface area contributed by atoms with Crippen LogP contribution < -0.4 is 5.32 Å². The second-order valence-corrected chi connectivity index (χ2v) is 4.42. The van der Waals surface area contributed by atoms with Crippen molar-refractivity contribution in [1.82, 2.24) is 25.2 Å². The maximum absolute atomic E-state index is 12.1. The molecule has 0 atom stereocenters. The number of hydrogen-bond donors (Lipinski definition) is 1. The maximum Gasteiger partial charge on any atom is 0.401 e. The van der Waals surface area contributed by atoms with Crippen LogP contribution in [0.1, 0.15) is 19.0 Å². The summed E-state index contributed by atoms with van der Waals surface area (Å²) < 4.78 is 38.0. The zero-order valence-electron chi connectivity index (χ0n) is 11.2. The number of rotatable bonds is 8. The molecule has 19 heavy (non-hydrogen) atoms. The van der Waals surface area contributed by atoms with E-state index in [1.54, 1.807) is 10.9 Å². The molecule has 0 aliphatic carbocycles. The molecule has 5 nitrogen and oxygen atoms in total. The lowest BCUT2D eigenvalue weighted by Crippen LogP contribution is -2.33. The Balaban J connectivity index is 2.11. The summed E-state index contributed by atoms with van der Waals surface area (Å²) in [4.78, 5) is 1.28. The summed E-state index contributed by atoms with van der Waals surface area (Å²) in [5.74, 6) is 0. The Morgan fingerprint density at radius 3 is 2.79 bits per heavy atom. The van der Waals surface area contributed by atoms with Crippen molar-refractivity contribution in [2.45, 2.75) is 32.6 Å². The van der Waals surface area contributed by atoms with Gasteiger partial charge in [-0.15, -0.1) is 5.10 Å². The lowest BCUT2D eigenvalue weighted by molar-refractivity contribution is -0.143. The minimum absolute atomic E-state index is 0.414. The van der Waals surface area contributed by atoms with Crippen LogP contribution >= 0.6 is 0 Å². The quantitative estimate of drug-likeness (QED) is 0.728. The van der Waals surface area contributed by atoms with E-state index in [1.165, 1.54) is 11.9 Å². The van der Waals surface area contributed by atoms with Crippen molar-refractivity contribution in [3.05, 3.63) is 11.9 Å². The van der Waals surface area contributed by atoms with Crippen LogP contribution in [0.15, 0.2) is 6.20 Å². The van der Waals surface area contributed by atoms with Crippen molar-refractivity contribution in [2.75, 3.05) is 26.7 Å². The zero-order valence-corrected chi connectivity index (χ0v) is 11.2.